The molecule has 0 fully saturated rings. The van der Waals surface area contributed by atoms with Crippen molar-refractivity contribution >= 4 is 11.8 Å². The van der Waals surface area contributed by atoms with E-state index in [1.54, 1.807) is 12.3 Å². The molecule has 0 aliphatic rings. The summed E-state index contributed by atoms with van der Waals surface area (Å²) in [6.45, 7) is 2.26. The van der Waals surface area contributed by atoms with Gasteiger partial charge in [0.2, 0.25) is 0 Å². The predicted octanol–water partition coefficient (Wildman–Crippen LogP) is 1.64. The Hall–Kier alpha value is -1.58. The van der Waals surface area contributed by atoms with Gasteiger partial charge in [-0.1, -0.05) is 0 Å². The number of rotatable bonds is 5. The zero-order valence-corrected chi connectivity index (χ0v) is 9.03. The summed E-state index contributed by atoms with van der Waals surface area (Å²) in [5.41, 5.74) is 0.702. The number of hydrogen-bond donors (Lipinski definition) is 0. The Balaban J connectivity index is 2.38. The highest BCUT2D eigenvalue weighted by molar-refractivity contribution is 5.93. The molecule has 0 amide bonds. The molecule has 0 N–H and O–H groups in total. The Morgan fingerprint density at radius 2 is 2.20 bits per heavy atom. The van der Waals surface area contributed by atoms with Crippen LogP contribution >= 0.6 is 0 Å². The van der Waals surface area contributed by atoms with E-state index in [4.69, 9.17) is 0 Å². The van der Waals surface area contributed by atoms with Crippen molar-refractivity contribution < 1.29 is 14.3 Å². The average Bonchev–Trinajstić information content (AvgIpc) is 2.66. The largest absolute Gasteiger partial charge is 0.469 e. The molecular weight excluding hydrogens is 194 g/mol. The first-order valence-corrected chi connectivity index (χ1v) is 4.87. The fourth-order valence-electron chi connectivity index (χ4n) is 1.30. The fourth-order valence-corrected chi connectivity index (χ4v) is 1.30. The van der Waals surface area contributed by atoms with Crippen LogP contribution in [0.15, 0.2) is 18.5 Å². The number of nitrogens with zero attached hydrogens (tertiary/aromatic N) is 1. The van der Waals surface area contributed by atoms with Crippen LogP contribution in [-0.2, 0) is 16.1 Å². The van der Waals surface area contributed by atoms with Gasteiger partial charge in [0.25, 0.3) is 0 Å². The third-order valence-electron chi connectivity index (χ3n) is 2.18. The summed E-state index contributed by atoms with van der Waals surface area (Å²) in [6.07, 6.45) is 4.76. The van der Waals surface area contributed by atoms with E-state index < -0.39 is 0 Å². The molecule has 1 aromatic rings. The molecule has 1 aromatic heterocycles. The van der Waals surface area contributed by atoms with Crippen molar-refractivity contribution in [3.05, 3.63) is 24.0 Å². The van der Waals surface area contributed by atoms with Crippen LogP contribution in [0, 0.1) is 0 Å². The second-order valence-electron chi connectivity index (χ2n) is 3.37. The lowest BCUT2D eigenvalue weighted by Gasteiger charge is -2.01. The van der Waals surface area contributed by atoms with Crippen molar-refractivity contribution in [2.24, 2.45) is 0 Å². The molecule has 0 saturated carbocycles. The van der Waals surface area contributed by atoms with Gasteiger partial charge < -0.3 is 9.30 Å². The lowest BCUT2D eigenvalue weighted by molar-refractivity contribution is -0.140. The van der Waals surface area contributed by atoms with Crippen LogP contribution in [0.2, 0.25) is 0 Å². The number of carbonyl (C=O) groups is 2. The Labute approximate surface area is 88.8 Å². The van der Waals surface area contributed by atoms with Crippen LogP contribution in [-0.4, -0.2) is 23.4 Å². The minimum Gasteiger partial charge on any atom is -0.469 e. The summed E-state index contributed by atoms with van der Waals surface area (Å²) in [4.78, 5) is 21.8. The maximum atomic E-state index is 11.0. The molecule has 0 aliphatic carbocycles. The number of ketones is 1. The van der Waals surface area contributed by atoms with E-state index >= 15 is 0 Å². The van der Waals surface area contributed by atoms with E-state index in [1.165, 1.54) is 14.0 Å². The average molecular weight is 209 g/mol. The predicted molar refractivity (Wildman–Crippen MR) is 55.7 cm³/mol. The number of esters is 1. The van der Waals surface area contributed by atoms with Gasteiger partial charge in [0.05, 0.1) is 7.11 Å². The maximum Gasteiger partial charge on any atom is 0.305 e. The Bertz CT molecular complexity index is 354. The summed E-state index contributed by atoms with van der Waals surface area (Å²) in [5, 5.41) is 0. The van der Waals surface area contributed by atoms with Crippen LogP contribution in [0.5, 0.6) is 0 Å². The van der Waals surface area contributed by atoms with Gasteiger partial charge in [-0.15, -0.1) is 0 Å². The number of carbonyl (C=O) groups excluding carboxylic acids is 2. The zero-order valence-electron chi connectivity index (χ0n) is 9.03. The minimum absolute atomic E-state index is 0.0571. The van der Waals surface area contributed by atoms with Gasteiger partial charge in [-0.2, -0.15) is 0 Å². The smallest absolute Gasteiger partial charge is 0.305 e. The van der Waals surface area contributed by atoms with E-state index in [9.17, 15) is 9.59 Å². The van der Waals surface area contributed by atoms with Gasteiger partial charge in [-0.05, 0) is 19.4 Å². The highest BCUT2D eigenvalue weighted by Gasteiger charge is 2.03. The van der Waals surface area contributed by atoms with E-state index in [0.29, 0.717) is 12.0 Å². The standard InChI is InChI=1S/C11H15NO3/c1-9(13)10-5-7-12(8-10)6-3-4-11(14)15-2/h5,7-8H,3-4,6H2,1-2H3. The lowest BCUT2D eigenvalue weighted by Crippen LogP contribution is -2.03. The third kappa shape index (κ3) is 3.58. The number of aromatic nitrogens is 1. The van der Waals surface area contributed by atoms with Gasteiger partial charge in [0.1, 0.15) is 0 Å². The van der Waals surface area contributed by atoms with Gasteiger partial charge in [-0.25, -0.2) is 0 Å². The maximum absolute atomic E-state index is 11.0. The topological polar surface area (TPSA) is 48.3 Å². The molecule has 82 valence electrons. The minimum atomic E-state index is -0.200. The number of methoxy groups -OCH3 is 1. The monoisotopic (exact) mass is 209 g/mol. The Morgan fingerprint density at radius 1 is 1.47 bits per heavy atom. The summed E-state index contributed by atoms with van der Waals surface area (Å²) in [6, 6.07) is 1.78. The van der Waals surface area contributed by atoms with Crippen molar-refractivity contribution in [1.29, 1.82) is 0 Å². The summed E-state index contributed by atoms with van der Waals surface area (Å²) >= 11 is 0. The van der Waals surface area contributed by atoms with E-state index in [1.807, 2.05) is 10.8 Å². The van der Waals surface area contributed by atoms with E-state index in [-0.39, 0.29) is 11.8 Å². The van der Waals surface area contributed by atoms with Crippen LogP contribution in [0.1, 0.15) is 30.1 Å². The first kappa shape index (κ1) is 11.5. The van der Waals surface area contributed by atoms with Crippen LogP contribution < -0.4 is 0 Å². The summed E-state index contributed by atoms with van der Waals surface area (Å²) in [5.74, 6) is -0.143. The Kier molecular flexibility index (Phi) is 4.09. The molecule has 0 aliphatic heterocycles. The molecule has 1 heterocycles. The molecule has 0 atom stereocenters. The van der Waals surface area contributed by atoms with Gasteiger partial charge >= 0.3 is 5.97 Å². The second-order valence-corrected chi connectivity index (χ2v) is 3.37. The van der Waals surface area contributed by atoms with Crippen LogP contribution in [0.3, 0.4) is 0 Å². The van der Waals surface area contributed by atoms with E-state index in [0.717, 1.165) is 13.0 Å². The number of Topliss-reactive ketones (excluding diaryl/α,β-unsaturated/α-hetero) is 1. The molecule has 0 bridgehead atoms. The van der Waals surface area contributed by atoms with Gasteiger partial charge in [-0.3, -0.25) is 9.59 Å². The molecule has 4 heteroatoms. The van der Waals surface area contributed by atoms with Crippen molar-refractivity contribution in [2.45, 2.75) is 26.3 Å². The van der Waals surface area contributed by atoms with Crippen molar-refractivity contribution in [3.8, 4) is 0 Å². The first-order chi connectivity index (χ1) is 7.13. The quantitative estimate of drug-likeness (QED) is 0.547. The normalized spacial score (nSPS) is 10.0. The molecule has 0 spiro atoms. The summed E-state index contributed by atoms with van der Waals surface area (Å²) < 4.78 is 6.43. The molecule has 0 saturated heterocycles. The number of ether oxygens (including phenoxy) is 1. The summed E-state index contributed by atoms with van der Waals surface area (Å²) in [7, 11) is 1.38. The van der Waals surface area contributed by atoms with Gasteiger partial charge in [0, 0.05) is 30.9 Å². The molecule has 15 heavy (non-hydrogen) atoms. The molecule has 0 unspecified atom stereocenters. The number of hydrogen-bond acceptors (Lipinski definition) is 3. The zero-order chi connectivity index (χ0) is 11.3. The van der Waals surface area contributed by atoms with E-state index in [2.05, 4.69) is 4.74 Å². The molecular formula is C11H15NO3. The first-order valence-electron chi connectivity index (χ1n) is 4.87. The highest BCUT2D eigenvalue weighted by atomic mass is 16.5. The molecule has 0 radical (unpaired) electrons. The van der Waals surface area contributed by atoms with Gasteiger partial charge in [0.15, 0.2) is 5.78 Å². The molecule has 4 nitrogen and oxygen atoms in total. The Morgan fingerprint density at radius 3 is 2.73 bits per heavy atom. The van der Waals surface area contributed by atoms with Crippen molar-refractivity contribution in [1.82, 2.24) is 4.57 Å². The van der Waals surface area contributed by atoms with Crippen LogP contribution in [0.4, 0.5) is 0 Å². The fraction of sp³-hybridized carbons (Fsp3) is 0.455. The van der Waals surface area contributed by atoms with Crippen molar-refractivity contribution in [3.63, 3.8) is 0 Å². The lowest BCUT2D eigenvalue weighted by atomic mass is 10.2. The highest BCUT2D eigenvalue weighted by Crippen LogP contribution is 2.04. The molecule has 0 aromatic carbocycles. The van der Waals surface area contributed by atoms with Crippen molar-refractivity contribution in [2.75, 3.05) is 7.11 Å². The molecule has 1 rings (SSSR count). The SMILES string of the molecule is COC(=O)CCCn1ccc(C(C)=O)c1. The third-order valence-corrected chi connectivity index (χ3v) is 2.18. The number of aryl methyl sites for hydroxylation is 1. The second kappa shape index (κ2) is 5.34. The van der Waals surface area contributed by atoms with Crippen LogP contribution in [0.25, 0.3) is 0 Å².